The van der Waals surface area contributed by atoms with Crippen molar-refractivity contribution in [1.82, 2.24) is 15.0 Å². The molecule has 0 bridgehead atoms. The summed E-state index contributed by atoms with van der Waals surface area (Å²) in [4.78, 5) is 28.9. The van der Waals surface area contributed by atoms with Gasteiger partial charge >= 0.3 is 0 Å². The minimum Gasteiger partial charge on any atom is -0.348 e. The van der Waals surface area contributed by atoms with Crippen LogP contribution in [-0.4, -0.2) is 33.9 Å². The highest BCUT2D eigenvalue weighted by atomic mass is 32.1. The normalized spacial score (nSPS) is 14.1. The number of benzene rings is 2. The molecule has 2 aromatic heterocycles. The lowest BCUT2D eigenvalue weighted by Crippen LogP contribution is -2.16. The number of anilines is 2. The minimum absolute atomic E-state index is 0.157. The molecule has 1 amide bonds. The molecule has 3 heterocycles. The average Bonchev–Trinajstić information content (AvgIpc) is 3.37. The predicted molar refractivity (Wildman–Crippen MR) is 118 cm³/mol. The van der Waals surface area contributed by atoms with Crippen molar-refractivity contribution >= 4 is 49.3 Å². The Hall–Kier alpha value is -3.06. The van der Waals surface area contributed by atoms with Crippen molar-refractivity contribution in [3.05, 3.63) is 53.3 Å². The molecule has 0 saturated carbocycles. The summed E-state index contributed by atoms with van der Waals surface area (Å²) in [7, 11) is 0. The number of nitrogens with zero attached hydrogens (tertiary/aromatic N) is 4. The van der Waals surface area contributed by atoms with Gasteiger partial charge in [0, 0.05) is 24.3 Å². The van der Waals surface area contributed by atoms with Gasteiger partial charge < -0.3 is 10.2 Å². The number of rotatable bonds is 3. The molecular formula is C22H21N5OS. The van der Waals surface area contributed by atoms with Crippen molar-refractivity contribution in [2.45, 2.75) is 26.7 Å². The largest absolute Gasteiger partial charge is 0.348 e. The first-order valence-electron chi connectivity index (χ1n) is 9.79. The quantitative estimate of drug-likeness (QED) is 0.536. The monoisotopic (exact) mass is 403 g/mol. The van der Waals surface area contributed by atoms with E-state index in [0.29, 0.717) is 5.56 Å². The van der Waals surface area contributed by atoms with Crippen molar-refractivity contribution in [1.29, 1.82) is 0 Å². The molecule has 0 aliphatic carbocycles. The summed E-state index contributed by atoms with van der Waals surface area (Å²) in [5.41, 5.74) is 5.61. The Labute approximate surface area is 172 Å². The number of aromatic nitrogens is 3. The van der Waals surface area contributed by atoms with Gasteiger partial charge in [0.1, 0.15) is 0 Å². The standard InChI is InChI=1S/C22H21N5OS/c1-13-14(2)24-19-11-15(5-7-17(19)23-13)21(28)25-16-6-8-18-20(12-16)29-22(26-18)27-9-3-4-10-27/h5-8,11-12H,3-4,9-10H2,1-2H3,(H,25,28). The Balaban J connectivity index is 1.40. The van der Waals surface area contributed by atoms with Gasteiger partial charge in [0.05, 0.1) is 32.6 Å². The van der Waals surface area contributed by atoms with Crippen molar-refractivity contribution in [2.24, 2.45) is 0 Å². The molecule has 4 aromatic rings. The van der Waals surface area contributed by atoms with Crippen LogP contribution >= 0.6 is 11.3 Å². The maximum absolute atomic E-state index is 12.8. The molecular weight excluding hydrogens is 382 g/mol. The Kier molecular flexibility index (Phi) is 4.39. The van der Waals surface area contributed by atoms with E-state index in [2.05, 4.69) is 20.2 Å². The molecule has 0 spiro atoms. The van der Waals surface area contributed by atoms with Crippen molar-refractivity contribution in [2.75, 3.05) is 23.3 Å². The first-order valence-corrected chi connectivity index (χ1v) is 10.6. The number of thiazole rings is 1. The van der Waals surface area contributed by atoms with Crippen molar-refractivity contribution < 1.29 is 4.79 Å². The van der Waals surface area contributed by atoms with Crippen LogP contribution in [0.15, 0.2) is 36.4 Å². The zero-order valence-corrected chi connectivity index (χ0v) is 17.2. The Morgan fingerprint density at radius 1 is 0.931 bits per heavy atom. The fourth-order valence-corrected chi connectivity index (χ4v) is 4.67. The molecule has 5 rings (SSSR count). The number of aryl methyl sites for hydroxylation is 2. The summed E-state index contributed by atoms with van der Waals surface area (Å²) < 4.78 is 1.08. The summed E-state index contributed by atoms with van der Waals surface area (Å²) in [6.45, 7) is 6.02. The highest BCUT2D eigenvalue weighted by Gasteiger charge is 2.17. The van der Waals surface area contributed by atoms with Gasteiger partial charge in [-0.25, -0.2) is 15.0 Å². The number of fused-ring (bicyclic) bond motifs is 2. The average molecular weight is 404 g/mol. The summed E-state index contributed by atoms with van der Waals surface area (Å²) in [6.07, 6.45) is 2.46. The van der Waals surface area contributed by atoms with Crippen LogP contribution in [0, 0.1) is 13.8 Å². The second-order valence-electron chi connectivity index (χ2n) is 7.43. The molecule has 6 nitrogen and oxygen atoms in total. The van der Waals surface area contributed by atoms with Gasteiger partial charge in [-0.15, -0.1) is 0 Å². The lowest BCUT2D eigenvalue weighted by molar-refractivity contribution is 0.102. The second kappa shape index (κ2) is 7.08. The van der Waals surface area contributed by atoms with Gasteiger partial charge in [-0.2, -0.15) is 0 Å². The first kappa shape index (κ1) is 18.0. The third-order valence-electron chi connectivity index (χ3n) is 5.35. The number of hydrogen-bond acceptors (Lipinski definition) is 6. The molecule has 1 saturated heterocycles. The van der Waals surface area contributed by atoms with Crippen LogP contribution in [0.25, 0.3) is 21.3 Å². The van der Waals surface area contributed by atoms with E-state index in [1.54, 1.807) is 23.5 Å². The zero-order valence-electron chi connectivity index (χ0n) is 16.4. The molecule has 29 heavy (non-hydrogen) atoms. The van der Waals surface area contributed by atoms with Crippen LogP contribution in [0.4, 0.5) is 10.8 Å². The summed E-state index contributed by atoms with van der Waals surface area (Å²) in [5, 5.41) is 4.07. The molecule has 146 valence electrons. The second-order valence-corrected chi connectivity index (χ2v) is 8.43. The van der Waals surface area contributed by atoms with Crippen LogP contribution < -0.4 is 10.2 Å². The van der Waals surface area contributed by atoms with Gasteiger partial charge in [-0.1, -0.05) is 11.3 Å². The topological polar surface area (TPSA) is 71.0 Å². The molecule has 2 aromatic carbocycles. The van der Waals surface area contributed by atoms with E-state index in [9.17, 15) is 4.79 Å². The van der Waals surface area contributed by atoms with Crippen LogP contribution in [0.3, 0.4) is 0 Å². The van der Waals surface area contributed by atoms with E-state index in [0.717, 1.165) is 56.5 Å². The molecule has 7 heteroatoms. The third kappa shape index (κ3) is 3.42. The summed E-state index contributed by atoms with van der Waals surface area (Å²) in [6, 6.07) is 11.3. The fourth-order valence-electron chi connectivity index (χ4n) is 3.61. The molecule has 0 unspecified atom stereocenters. The van der Waals surface area contributed by atoms with Crippen molar-refractivity contribution in [3.63, 3.8) is 0 Å². The van der Waals surface area contributed by atoms with Crippen LogP contribution in [0.1, 0.15) is 34.6 Å². The van der Waals surface area contributed by atoms with E-state index in [4.69, 9.17) is 4.98 Å². The summed E-state index contributed by atoms with van der Waals surface area (Å²) in [5.74, 6) is -0.157. The Bertz CT molecular complexity index is 1240. The number of carbonyl (C=O) groups is 1. The number of nitrogens with one attached hydrogen (secondary N) is 1. The van der Waals surface area contributed by atoms with E-state index in [1.165, 1.54) is 12.8 Å². The smallest absolute Gasteiger partial charge is 0.255 e. The van der Waals surface area contributed by atoms with Gasteiger partial charge in [-0.05, 0) is 63.1 Å². The molecule has 0 atom stereocenters. The number of carbonyl (C=O) groups excluding carboxylic acids is 1. The number of hydrogen-bond donors (Lipinski definition) is 1. The fraction of sp³-hybridized carbons (Fsp3) is 0.273. The van der Waals surface area contributed by atoms with Gasteiger partial charge in [0.25, 0.3) is 5.91 Å². The van der Waals surface area contributed by atoms with E-state index in [1.807, 2.05) is 38.1 Å². The lowest BCUT2D eigenvalue weighted by atomic mass is 10.1. The summed E-state index contributed by atoms with van der Waals surface area (Å²) >= 11 is 1.68. The molecule has 1 aliphatic heterocycles. The molecule has 1 fully saturated rings. The molecule has 1 aliphatic rings. The lowest BCUT2D eigenvalue weighted by Gasteiger charge is -2.11. The van der Waals surface area contributed by atoms with Crippen molar-refractivity contribution in [3.8, 4) is 0 Å². The molecule has 0 radical (unpaired) electrons. The predicted octanol–water partition coefficient (Wildman–Crippen LogP) is 4.71. The first-order chi connectivity index (χ1) is 14.1. The highest BCUT2D eigenvalue weighted by Crippen LogP contribution is 2.32. The maximum Gasteiger partial charge on any atom is 0.255 e. The van der Waals surface area contributed by atoms with Crippen LogP contribution in [0.2, 0.25) is 0 Å². The number of amides is 1. The van der Waals surface area contributed by atoms with Gasteiger partial charge in [-0.3, -0.25) is 4.79 Å². The highest BCUT2D eigenvalue weighted by molar-refractivity contribution is 7.22. The zero-order chi connectivity index (χ0) is 20.0. The SMILES string of the molecule is Cc1nc2ccc(C(=O)Nc3ccc4nc(N5CCCC5)sc4c3)cc2nc1C. The molecule has 1 N–H and O–H groups in total. The van der Waals surface area contributed by atoms with E-state index < -0.39 is 0 Å². The van der Waals surface area contributed by atoms with E-state index >= 15 is 0 Å². The van der Waals surface area contributed by atoms with Gasteiger partial charge in [0.15, 0.2) is 5.13 Å². The maximum atomic E-state index is 12.8. The Morgan fingerprint density at radius 3 is 2.45 bits per heavy atom. The van der Waals surface area contributed by atoms with Crippen LogP contribution in [0.5, 0.6) is 0 Å². The van der Waals surface area contributed by atoms with Crippen LogP contribution in [-0.2, 0) is 0 Å². The minimum atomic E-state index is -0.157. The Morgan fingerprint density at radius 2 is 1.66 bits per heavy atom. The van der Waals surface area contributed by atoms with E-state index in [-0.39, 0.29) is 5.91 Å². The van der Waals surface area contributed by atoms with Gasteiger partial charge in [0.2, 0.25) is 0 Å². The third-order valence-corrected chi connectivity index (χ3v) is 6.43.